The van der Waals surface area contributed by atoms with Gasteiger partial charge in [0.05, 0.1) is 12.8 Å². The zero-order chi connectivity index (χ0) is 21.0. The lowest BCUT2D eigenvalue weighted by atomic mass is 10.1. The van der Waals surface area contributed by atoms with E-state index in [-0.39, 0.29) is 10.6 Å². The molecule has 0 spiro atoms. The summed E-state index contributed by atoms with van der Waals surface area (Å²) in [6.45, 7) is 1.74. The Morgan fingerprint density at radius 1 is 0.966 bits per heavy atom. The van der Waals surface area contributed by atoms with Crippen LogP contribution >= 0.6 is 11.6 Å². The van der Waals surface area contributed by atoms with Crippen LogP contribution in [0.3, 0.4) is 0 Å². The average Bonchev–Trinajstić information content (AvgIpc) is 2.69. The van der Waals surface area contributed by atoms with Crippen molar-refractivity contribution in [2.24, 2.45) is 0 Å². The maximum atomic E-state index is 12.6. The Balaban J connectivity index is 1.97. The number of aryl methyl sites for hydroxylation is 1. The minimum Gasteiger partial charge on any atom is -0.497 e. The Kier molecular flexibility index (Phi) is 6.10. The molecule has 150 valence electrons. The van der Waals surface area contributed by atoms with E-state index in [1.165, 1.54) is 30.3 Å². The number of rotatable bonds is 6. The maximum absolute atomic E-state index is 12.6. The SMILES string of the molecule is COc1ccc(/C=C/c2cc(C)cc(=O)n2OS(=O)(=O)c2ccc(Cl)cc2)cc1. The van der Waals surface area contributed by atoms with Crippen LogP contribution in [0.2, 0.25) is 5.02 Å². The fourth-order valence-electron chi connectivity index (χ4n) is 2.55. The van der Waals surface area contributed by atoms with Gasteiger partial charge in [-0.25, -0.2) is 0 Å². The highest BCUT2D eigenvalue weighted by Crippen LogP contribution is 2.17. The van der Waals surface area contributed by atoms with E-state index >= 15 is 0 Å². The lowest BCUT2D eigenvalue weighted by molar-refractivity contribution is 0.264. The van der Waals surface area contributed by atoms with E-state index in [0.29, 0.717) is 16.3 Å². The Bertz CT molecular complexity index is 1200. The zero-order valence-corrected chi connectivity index (χ0v) is 17.3. The number of hydrogen-bond donors (Lipinski definition) is 0. The standard InChI is InChI=1S/C21H18ClNO5S/c1-15-13-18(8-3-16-4-9-19(27-2)10-5-16)23(21(24)14-15)28-29(25,26)20-11-6-17(22)7-12-20/h3-14H,1-2H3/b8-3+. The second-order valence-corrected chi connectivity index (χ2v) is 8.14. The minimum atomic E-state index is -4.23. The summed E-state index contributed by atoms with van der Waals surface area (Å²) in [5.74, 6) is 0.715. The smallest absolute Gasteiger partial charge is 0.357 e. The van der Waals surface area contributed by atoms with Crippen LogP contribution in [0.1, 0.15) is 16.8 Å². The molecule has 0 unspecified atom stereocenters. The molecule has 0 atom stereocenters. The van der Waals surface area contributed by atoms with Gasteiger partial charge in [0.15, 0.2) is 0 Å². The predicted octanol–water partition coefficient (Wildman–Crippen LogP) is 3.81. The molecule has 0 saturated carbocycles. The molecule has 1 heterocycles. The van der Waals surface area contributed by atoms with E-state index in [1.54, 1.807) is 44.4 Å². The lowest BCUT2D eigenvalue weighted by Gasteiger charge is -2.12. The summed E-state index contributed by atoms with van der Waals surface area (Å²) >= 11 is 5.80. The van der Waals surface area contributed by atoms with E-state index < -0.39 is 15.7 Å². The van der Waals surface area contributed by atoms with Crippen LogP contribution in [0.4, 0.5) is 0 Å². The molecule has 0 amide bonds. The summed E-state index contributed by atoms with van der Waals surface area (Å²) in [6, 6.07) is 15.7. The molecule has 1 aromatic heterocycles. The van der Waals surface area contributed by atoms with Crippen molar-refractivity contribution >= 4 is 33.9 Å². The third-order valence-electron chi connectivity index (χ3n) is 4.00. The maximum Gasteiger partial charge on any atom is 0.357 e. The van der Waals surface area contributed by atoms with Crippen molar-refractivity contribution in [2.45, 2.75) is 11.8 Å². The first-order valence-corrected chi connectivity index (χ1v) is 10.3. The van der Waals surface area contributed by atoms with Crippen molar-refractivity contribution in [3.05, 3.63) is 92.9 Å². The third-order valence-corrected chi connectivity index (χ3v) is 5.45. The molecule has 0 radical (unpaired) electrons. The molecule has 6 nitrogen and oxygen atoms in total. The normalized spacial score (nSPS) is 11.6. The number of nitrogens with zero attached hydrogens (tertiary/aromatic N) is 1. The van der Waals surface area contributed by atoms with Crippen LogP contribution in [0.15, 0.2) is 70.4 Å². The molecule has 3 aromatic rings. The minimum absolute atomic E-state index is 0.112. The van der Waals surface area contributed by atoms with Crippen molar-refractivity contribution < 1.29 is 17.4 Å². The number of hydrogen-bond acceptors (Lipinski definition) is 5. The highest BCUT2D eigenvalue weighted by Gasteiger charge is 2.19. The van der Waals surface area contributed by atoms with Gasteiger partial charge in [-0.2, -0.15) is 8.42 Å². The number of halogens is 1. The molecule has 0 aliphatic rings. The second-order valence-electron chi connectivity index (χ2n) is 6.18. The Labute approximate surface area is 173 Å². The van der Waals surface area contributed by atoms with Crippen LogP contribution in [0.5, 0.6) is 5.75 Å². The van der Waals surface area contributed by atoms with Gasteiger partial charge in [0.2, 0.25) is 0 Å². The van der Waals surface area contributed by atoms with Gasteiger partial charge in [-0.15, -0.1) is 4.73 Å². The van der Waals surface area contributed by atoms with E-state index in [0.717, 1.165) is 10.3 Å². The van der Waals surface area contributed by atoms with Gasteiger partial charge < -0.3 is 4.74 Å². The van der Waals surface area contributed by atoms with Gasteiger partial charge in [0.25, 0.3) is 5.56 Å². The van der Waals surface area contributed by atoms with Crippen LogP contribution < -0.4 is 14.6 Å². The molecule has 0 aliphatic heterocycles. The number of pyridine rings is 1. The highest BCUT2D eigenvalue weighted by atomic mass is 35.5. The van der Waals surface area contributed by atoms with Gasteiger partial charge >= 0.3 is 10.1 Å². The molecule has 0 fully saturated rings. The first kappa shape index (κ1) is 20.7. The fourth-order valence-corrected chi connectivity index (χ4v) is 3.59. The highest BCUT2D eigenvalue weighted by molar-refractivity contribution is 7.87. The van der Waals surface area contributed by atoms with Crippen molar-refractivity contribution in [3.63, 3.8) is 0 Å². The predicted molar refractivity (Wildman–Crippen MR) is 113 cm³/mol. The molecule has 0 bridgehead atoms. The van der Waals surface area contributed by atoms with E-state index in [2.05, 4.69) is 0 Å². The van der Waals surface area contributed by atoms with Crippen LogP contribution in [0, 0.1) is 6.92 Å². The number of aromatic nitrogens is 1. The average molecular weight is 432 g/mol. The fraction of sp³-hybridized carbons (Fsp3) is 0.0952. The molecule has 0 N–H and O–H groups in total. The summed E-state index contributed by atoms with van der Waals surface area (Å²) < 4.78 is 36.2. The second kappa shape index (κ2) is 8.55. The summed E-state index contributed by atoms with van der Waals surface area (Å²) in [5, 5.41) is 0.388. The van der Waals surface area contributed by atoms with Gasteiger partial charge in [0, 0.05) is 11.1 Å². The first-order valence-electron chi connectivity index (χ1n) is 8.55. The monoisotopic (exact) mass is 431 g/mol. The molecule has 0 saturated heterocycles. The van der Waals surface area contributed by atoms with Crippen LogP contribution in [-0.4, -0.2) is 20.3 Å². The number of benzene rings is 2. The Hall–Kier alpha value is -3.03. The van der Waals surface area contributed by atoms with Gasteiger partial charge in [0.1, 0.15) is 10.6 Å². The summed E-state index contributed by atoms with van der Waals surface area (Å²) in [6.07, 6.45) is 3.34. The van der Waals surface area contributed by atoms with Gasteiger partial charge in [-0.05, 0) is 66.6 Å². The Morgan fingerprint density at radius 2 is 1.62 bits per heavy atom. The lowest BCUT2D eigenvalue weighted by Crippen LogP contribution is -2.32. The quantitative estimate of drug-likeness (QED) is 0.593. The van der Waals surface area contributed by atoms with Crippen molar-refractivity contribution in [2.75, 3.05) is 7.11 Å². The Morgan fingerprint density at radius 3 is 2.24 bits per heavy atom. The van der Waals surface area contributed by atoms with Crippen molar-refractivity contribution in [1.29, 1.82) is 0 Å². The molecular formula is C21H18ClNO5S. The topological polar surface area (TPSA) is 74.6 Å². The van der Waals surface area contributed by atoms with E-state index in [1.807, 2.05) is 12.1 Å². The summed E-state index contributed by atoms with van der Waals surface area (Å²) in [7, 11) is -2.65. The molecule has 0 aliphatic carbocycles. The number of methoxy groups -OCH3 is 1. The first-order chi connectivity index (χ1) is 13.8. The van der Waals surface area contributed by atoms with Crippen LogP contribution in [-0.2, 0) is 10.1 Å². The third kappa shape index (κ3) is 5.07. The molecular weight excluding hydrogens is 414 g/mol. The van der Waals surface area contributed by atoms with Crippen LogP contribution in [0.25, 0.3) is 12.2 Å². The van der Waals surface area contributed by atoms with Crippen molar-refractivity contribution in [1.82, 2.24) is 4.73 Å². The van der Waals surface area contributed by atoms with Gasteiger partial charge in [-0.3, -0.25) is 9.08 Å². The van der Waals surface area contributed by atoms with E-state index in [9.17, 15) is 13.2 Å². The summed E-state index contributed by atoms with van der Waals surface area (Å²) in [5.41, 5.74) is 1.19. The largest absolute Gasteiger partial charge is 0.497 e. The molecule has 8 heteroatoms. The van der Waals surface area contributed by atoms with E-state index in [4.69, 9.17) is 20.6 Å². The molecule has 2 aromatic carbocycles. The number of ether oxygens (including phenoxy) is 1. The molecule has 3 rings (SSSR count). The molecule has 29 heavy (non-hydrogen) atoms. The van der Waals surface area contributed by atoms with Crippen molar-refractivity contribution in [3.8, 4) is 5.75 Å². The van der Waals surface area contributed by atoms with Gasteiger partial charge in [-0.1, -0.05) is 29.8 Å². The zero-order valence-electron chi connectivity index (χ0n) is 15.7. The summed E-state index contributed by atoms with van der Waals surface area (Å²) in [4.78, 5) is 12.3.